The molecule has 4 rings (SSSR count). The predicted octanol–water partition coefficient (Wildman–Crippen LogP) is 4.23. The summed E-state index contributed by atoms with van der Waals surface area (Å²) >= 11 is 0. The lowest BCUT2D eigenvalue weighted by Gasteiger charge is -2.17. The maximum atomic E-state index is 12.6. The van der Waals surface area contributed by atoms with E-state index in [4.69, 9.17) is 9.47 Å². The average Bonchev–Trinajstić information content (AvgIpc) is 3.31. The van der Waals surface area contributed by atoms with Crippen LogP contribution in [-0.2, 0) is 0 Å². The van der Waals surface area contributed by atoms with Gasteiger partial charge in [0.2, 0.25) is 0 Å². The number of carbonyl (C=O) groups excluding carboxylic acids is 1. The minimum Gasteiger partial charge on any atom is -0.493 e. The molecule has 140 valence electrons. The summed E-state index contributed by atoms with van der Waals surface area (Å²) in [6.07, 6.45) is 8.33. The second kappa shape index (κ2) is 7.31. The van der Waals surface area contributed by atoms with Gasteiger partial charge in [0.1, 0.15) is 11.3 Å². The molecule has 0 saturated heterocycles. The first-order chi connectivity index (χ1) is 13.1. The zero-order valence-corrected chi connectivity index (χ0v) is 15.6. The van der Waals surface area contributed by atoms with Crippen LogP contribution in [0.5, 0.6) is 11.5 Å². The Hall–Kier alpha value is -3.02. The van der Waals surface area contributed by atoms with Crippen LogP contribution in [0.1, 0.15) is 41.7 Å². The summed E-state index contributed by atoms with van der Waals surface area (Å²) in [5.74, 6) is 1.07. The Labute approximate surface area is 158 Å². The normalized spacial score (nSPS) is 14.4. The molecule has 3 aromatic rings. The molecule has 27 heavy (non-hydrogen) atoms. The van der Waals surface area contributed by atoms with Gasteiger partial charge in [-0.05, 0) is 62.4 Å². The van der Waals surface area contributed by atoms with Gasteiger partial charge in [-0.2, -0.15) is 0 Å². The number of amides is 1. The van der Waals surface area contributed by atoms with Crippen molar-refractivity contribution in [2.45, 2.75) is 38.7 Å². The van der Waals surface area contributed by atoms with Crippen LogP contribution >= 0.6 is 0 Å². The number of hydrogen-bond donors (Lipinski definition) is 1. The summed E-state index contributed by atoms with van der Waals surface area (Å²) in [5.41, 5.74) is 2.88. The Kier molecular flexibility index (Phi) is 4.71. The van der Waals surface area contributed by atoms with E-state index in [1.54, 1.807) is 19.4 Å². The molecule has 0 unspecified atom stereocenters. The van der Waals surface area contributed by atoms with Crippen LogP contribution in [0, 0.1) is 6.92 Å². The Bertz CT molecular complexity index is 974. The number of pyridine rings is 1. The smallest absolute Gasteiger partial charge is 0.275 e. The number of hydrogen-bond acceptors (Lipinski definition) is 4. The zero-order chi connectivity index (χ0) is 18.8. The lowest BCUT2D eigenvalue weighted by Crippen LogP contribution is -2.14. The van der Waals surface area contributed by atoms with Gasteiger partial charge in [0.05, 0.1) is 13.2 Å². The number of ether oxygens (including phenoxy) is 2. The van der Waals surface area contributed by atoms with E-state index >= 15 is 0 Å². The summed E-state index contributed by atoms with van der Waals surface area (Å²) in [6, 6.07) is 9.35. The van der Waals surface area contributed by atoms with E-state index in [2.05, 4.69) is 10.3 Å². The fourth-order valence-corrected chi connectivity index (χ4v) is 3.42. The number of aromatic nitrogens is 2. The lowest BCUT2D eigenvalue weighted by molar-refractivity contribution is 0.102. The number of nitrogens with one attached hydrogen (secondary N) is 1. The van der Waals surface area contributed by atoms with E-state index in [0.717, 1.165) is 24.1 Å². The highest BCUT2D eigenvalue weighted by molar-refractivity contribution is 6.03. The average molecular weight is 365 g/mol. The van der Waals surface area contributed by atoms with E-state index in [0.29, 0.717) is 22.9 Å². The van der Waals surface area contributed by atoms with Gasteiger partial charge >= 0.3 is 0 Å². The molecule has 1 aliphatic carbocycles. The van der Waals surface area contributed by atoms with Gasteiger partial charge in [0.15, 0.2) is 11.5 Å². The summed E-state index contributed by atoms with van der Waals surface area (Å²) in [6.45, 7) is 2.00. The summed E-state index contributed by atoms with van der Waals surface area (Å²) in [5, 5.41) is 2.90. The molecule has 1 aromatic carbocycles. The molecule has 2 aromatic heterocycles. The standard InChI is InChI=1S/C21H23N3O3/c1-14-9-10-24-13-17(23-20(24)11-14)21(25)22-15-7-8-18(26-2)19(12-15)27-16-5-3-4-6-16/h7-13,16H,3-6H2,1-2H3,(H,22,25). The summed E-state index contributed by atoms with van der Waals surface area (Å²) < 4.78 is 13.3. The first-order valence-electron chi connectivity index (χ1n) is 9.24. The number of methoxy groups -OCH3 is 1. The largest absolute Gasteiger partial charge is 0.493 e. The van der Waals surface area contributed by atoms with Gasteiger partial charge < -0.3 is 19.2 Å². The zero-order valence-electron chi connectivity index (χ0n) is 15.6. The third-order valence-electron chi connectivity index (χ3n) is 4.87. The quantitative estimate of drug-likeness (QED) is 0.735. The molecule has 0 atom stereocenters. The van der Waals surface area contributed by atoms with Crippen LogP contribution in [0.15, 0.2) is 42.7 Å². The maximum absolute atomic E-state index is 12.6. The number of imidazole rings is 1. The van der Waals surface area contributed by atoms with Crippen LogP contribution in [0.3, 0.4) is 0 Å². The molecule has 0 spiro atoms. The van der Waals surface area contributed by atoms with Crippen molar-refractivity contribution in [1.82, 2.24) is 9.38 Å². The second-order valence-corrected chi connectivity index (χ2v) is 6.94. The van der Waals surface area contributed by atoms with Crippen LogP contribution in [0.2, 0.25) is 0 Å². The van der Waals surface area contributed by atoms with E-state index in [1.807, 2.05) is 41.8 Å². The van der Waals surface area contributed by atoms with E-state index < -0.39 is 0 Å². The summed E-state index contributed by atoms with van der Waals surface area (Å²) in [4.78, 5) is 17.0. The molecule has 0 bridgehead atoms. The van der Waals surface area contributed by atoms with Crippen molar-refractivity contribution >= 4 is 17.2 Å². The first kappa shape index (κ1) is 17.4. The van der Waals surface area contributed by atoms with Crippen molar-refractivity contribution in [3.63, 3.8) is 0 Å². The monoisotopic (exact) mass is 365 g/mol. The molecule has 2 heterocycles. The van der Waals surface area contributed by atoms with Gasteiger partial charge in [-0.3, -0.25) is 4.79 Å². The Balaban J connectivity index is 1.54. The van der Waals surface area contributed by atoms with Crippen LogP contribution in [0.4, 0.5) is 5.69 Å². The molecule has 6 heteroatoms. The number of carbonyl (C=O) groups is 1. The molecule has 1 saturated carbocycles. The molecule has 0 aliphatic heterocycles. The predicted molar refractivity (Wildman–Crippen MR) is 104 cm³/mol. The van der Waals surface area contributed by atoms with E-state index in [9.17, 15) is 4.79 Å². The number of anilines is 1. The number of fused-ring (bicyclic) bond motifs is 1. The van der Waals surface area contributed by atoms with Gasteiger partial charge in [0, 0.05) is 24.1 Å². The number of nitrogens with zero attached hydrogens (tertiary/aromatic N) is 2. The van der Waals surface area contributed by atoms with Gasteiger partial charge in [-0.1, -0.05) is 0 Å². The van der Waals surface area contributed by atoms with Gasteiger partial charge in [0.25, 0.3) is 5.91 Å². The molecule has 1 aliphatic rings. The third-order valence-corrected chi connectivity index (χ3v) is 4.87. The molecule has 6 nitrogen and oxygen atoms in total. The minimum atomic E-state index is -0.256. The highest BCUT2D eigenvalue weighted by Crippen LogP contribution is 2.34. The molecule has 1 N–H and O–H groups in total. The number of aryl methyl sites for hydroxylation is 1. The molecule has 1 fully saturated rings. The van der Waals surface area contributed by atoms with Crippen molar-refractivity contribution < 1.29 is 14.3 Å². The van der Waals surface area contributed by atoms with Crippen molar-refractivity contribution in [1.29, 1.82) is 0 Å². The fraction of sp³-hybridized carbons (Fsp3) is 0.333. The highest BCUT2D eigenvalue weighted by Gasteiger charge is 2.19. The topological polar surface area (TPSA) is 64.9 Å². The molecular weight excluding hydrogens is 342 g/mol. The highest BCUT2D eigenvalue weighted by atomic mass is 16.5. The van der Waals surface area contributed by atoms with Crippen LogP contribution < -0.4 is 14.8 Å². The minimum absolute atomic E-state index is 0.214. The van der Waals surface area contributed by atoms with Crippen molar-refractivity contribution in [2.75, 3.05) is 12.4 Å². The lowest BCUT2D eigenvalue weighted by atomic mass is 10.2. The van der Waals surface area contributed by atoms with Crippen molar-refractivity contribution in [3.8, 4) is 11.5 Å². The van der Waals surface area contributed by atoms with Gasteiger partial charge in [-0.25, -0.2) is 4.98 Å². The number of rotatable bonds is 5. The number of benzene rings is 1. The SMILES string of the molecule is COc1ccc(NC(=O)c2cn3ccc(C)cc3n2)cc1OC1CCCC1. The van der Waals surface area contributed by atoms with Crippen LogP contribution in [-0.4, -0.2) is 28.5 Å². The molecule has 1 amide bonds. The maximum Gasteiger partial charge on any atom is 0.275 e. The van der Waals surface area contributed by atoms with Crippen molar-refractivity contribution in [3.05, 3.63) is 54.0 Å². The van der Waals surface area contributed by atoms with Gasteiger partial charge in [-0.15, -0.1) is 0 Å². The fourth-order valence-electron chi connectivity index (χ4n) is 3.42. The molecular formula is C21H23N3O3. The Morgan fingerprint density at radius 2 is 2.00 bits per heavy atom. The summed E-state index contributed by atoms with van der Waals surface area (Å²) in [7, 11) is 1.62. The van der Waals surface area contributed by atoms with Crippen LogP contribution in [0.25, 0.3) is 5.65 Å². The molecule has 0 radical (unpaired) electrons. The second-order valence-electron chi connectivity index (χ2n) is 6.94. The van der Waals surface area contributed by atoms with E-state index in [-0.39, 0.29) is 12.0 Å². The Morgan fingerprint density at radius 3 is 2.78 bits per heavy atom. The van der Waals surface area contributed by atoms with Crippen molar-refractivity contribution in [2.24, 2.45) is 0 Å². The first-order valence-corrected chi connectivity index (χ1v) is 9.24. The third kappa shape index (κ3) is 3.74. The Morgan fingerprint density at radius 1 is 1.19 bits per heavy atom. The van der Waals surface area contributed by atoms with E-state index in [1.165, 1.54) is 12.8 Å².